The third-order valence-electron chi connectivity index (χ3n) is 1.82. The Hall–Kier alpha value is -0.810. The highest BCUT2D eigenvalue weighted by Crippen LogP contribution is 2.22. The summed E-state index contributed by atoms with van der Waals surface area (Å²) >= 11 is 0. The first kappa shape index (κ1) is 14.2. The summed E-state index contributed by atoms with van der Waals surface area (Å²) in [5.74, 6) is -6.10. The molecule has 0 saturated heterocycles. The van der Waals surface area contributed by atoms with Gasteiger partial charge in [0.05, 0.1) is 0 Å². The van der Waals surface area contributed by atoms with Crippen molar-refractivity contribution in [2.75, 3.05) is 6.54 Å². The van der Waals surface area contributed by atoms with Crippen LogP contribution in [0.4, 0.5) is 17.6 Å². The highest BCUT2D eigenvalue weighted by molar-refractivity contribution is 5.83. The van der Waals surface area contributed by atoms with Crippen LogP contribution in [0.15, 0.2) is 0 Å². The Labute approximate surface area is 86.0 Å². The van der Waals surface area contributed by atoms with Crippen LogP contribution in [0.25, 0.3) is 0 Å². The molecule has 15 heavy (non-hydrogen) atoms. The van der Waals surface area contributed by atoms with E-state index in [1.807, 2.05) is 13.8 Å². The first-order valence-corrected chi connectivity index (χ1v) is 4.72. The van der Waals surface area contributed by atoms with Crippen molar-refractivity contribution >= 4 is 5.91 Å². The lowest BCUT2D eigenvalue weighted by Crippen LogP contribution is -2.45. The molecule has 6 heteroatoms. The van der Waals surface area contributed by atoms with E-state index >= 15 is 0 Å². The number of nitrogens with one attached hydrogen (secondary N) is 1. The molecule has 0 aliphatic carbocycles. The summed E-state index contributed by atoms with van der Waals surface area (Å²) in [6, 6.07) is 0. The minimum atomic E-state index is -4.59. The molecule has 1 N–H and O–H groups in total. The summed E-state index contributed by atoms with van der Waals surface area (Å²) < 4.78 is 48.1. The van der Waals surface area contributed by atoms with Gasteiger partial charge >= 0.3 is 12.3 Å². The van der Waals surface area contributed by atoms with Crippen molar-refractivity contribution in [1.29, 1.82) is 0 Å². The van der Waals surface area contributed by atoms with Crippen molar-refractivity contribution in [3.05, 3.63) is 0 Å². The number of hydrogen-bond acceptors (Lipinski definition) is 1. The van der Waals surface area contributed by atoms with E-state index in [0.29, 0.717) is 12.3 Å². The second kappa shape index (κ2) is 5.92. The maximum absolute atomic E-state index is 12.4. The standard InChI is InChI=1S/C9H15F4NO/c1-6(2)4-3-5-14-8(15)9(12,13)7(10)11/h6-7H,3-5H2,1-2H3,(H,14,15). The highest BCUT2D eigenvalue weighted by atomic mass is 19.3. The van der Waals surface area contributed by atoms with Gasteiger partial charge in [-0.25, -0.2) is 8.78 Å². The van der Waals surface area contributed by atoms with Gasteiger partial charge in [0.2, 0.25) is 0 Å². The lowest BCUT2D eigenvalue weighted by Gasteiger charge is -2.14. The van der Waals surface area contributed by atoms with Crippen LogP contribution < -0.4 is 5.32 Å². The van der Waals surface area contributed by atoms with Crippen LogP contribution >= 0.6 is 0 Å². The van der Waals surface area contributed by atoms with Crippen molar-refractivity contribution in [3.8, 4) is 0 Å². The molecule has 0 atom stereocenters. The first-order chi connectivity index (χ1) is 6.78. The average molecular weight is 229 g/mol. The lowest BCUT2D eigenvalue weighted by molar-refractivity contribution is -0.169. The zero-order chi connectivity index (χ0) is 12.1. The molecule has 0 aromatic carbocycles. The number of carbonyl (C=O) groups excluding carboxylic acids is 1. The van der Waals surface area contributed by atoms with E-state index in [-0.39, 0.29) is 6.54 Å². The summed E-state index contributed by atoms with van der Waals surface area (Å²) in [4.78, 5) is 10.6. The fraction of sp³-hybridized carbons (Fsp3) is 0.889. The Morgan fingerprint density at radius 3 is 2.27 bits per heavy atom. The molecule has 0 bridgehead atoms. The molecule has 90 valence electrons. The van der Waals surface area contributed by atoms with Crippen molar-refractivity contribution in [2.45, 2.75) is 39.0 Å². The van der Waals surface area contributed by atoms with E-state index in [0.717, 1.165) is 6.42 Å². The van der Waals surface area contributed by atoms with Crippen LogP contribution in [-0.4, -0.2) is 24.8 Å². The van der Waals surface area contributed by atoms with Gasteiger partial charge in [-0.1, -0.05) is 13.8 Å². The molecule has 0 fully saturated rings. The molecule has 0 saturated carbocycles. The maximum atomic E-state index is 12.4. The smallest absolute Gasteiger partial charge is 0.351 e. The van der Waals surface area contributed by atoms with E-state index in [2.05, 4.69) is 0 Å². The van der Waals surface area contributed by atoms with Crippen molar-refractivity contribution in [2.24, 2.45) is 5.92 Å². The Balaban J connectivity index is 3.84. The minimum Gasteiger partial charge on any atom is -0.351 e. The predicted octanol–water partition coefficient (Wildman–Crippen LogP) is 2.44. The molecule has 0 aromatic rings. The molecule has 1 amide bonds. The van der Waals surface area contributed by atoms with Crippen LogP contribution in [0.5, 0.6) is 0 Å². The molecule has 0 aliphatic rings. The fourth-order valence-electron chi connectivity index (χ4n) is 0.929. The third kappa shape index (κ3) is 4.99. The van der Waals surface area contributed by atoms with Gasteiger partial charge in [-0.15, -0.1) is 0 Å². The summed E-state index contributed by atoms with van der Waals surface area (Å²) in [5, 5.41) is 1.79. The molecular formula is C9H15F4NO. The third-order valence-corrected chi connectivity index (χ3v) is 1.82. The normalized spacial score (nSPS) is 12.3. The maximum Gasteiger partial charge on any atom is 0.383 e. The Bertz CT molecular complexity index is 206. The largest absolute Gasteiger partial charge is 0.383 e. The molecule has 0 rings (SSSR count). The second-order valence-electron chi connectivity index (χ2n) is 3.72. The lowest BCUT2D eigenvalue weighted by atomic mass is 10.1. The van der Waals surface area contributed by atoms with E-state index in [1.165, 1.54) is 0 Å². The number of alkyl halides is 4. The zero-order valence-corrected chi connectivity index (χ0v) is 8.70. The van der Waals surface area contributed by atoms with Gasteiger partial charge < -0.3 is 5.32 Å². The van der Waals surface area contributed by atoms with Gasteiger partial charge in [-0.2, -0.15) is 8.78 Å². The minimum absolute atomic E-state index is 0.000671. The molecular weight excluding hydrogens is 214 g/mol. The van der Waals surface area contributed by atoms with Crippen LogP contribution in [0.2, 0.25) is 0 Å². The van der Waals surface area contributed by atoms with Gasteiger partial charge in [0, 0.05) is 6.54 Å². The summed E-state index contributed by atoms with van der Waals surface area (Å²) in [5.41, 5.74) is 0. The van der Waals surface area contributed by atoms with Crippen LogP contribution in [-0.2, 0) is 4.79 Å². The first-order valence-electron chi connectivity index (χ1n) is 4.72. The van der Waals surface area contributed by atoms with Crippen LogP contribution in [0.3, 0.4) is 0 Å². The monoisotopic (exact) mass is 229 g/mol. The summed E-state index contributed by atoms with van der Waals surface area (Å²) in [6.45, 7) is 3.88. The van der Waals surface area contributed by atoms with Crippen molar-refractivity contribution in [1.82, 2.24) is 5.32 Å². The second-order valence-corrected chi connectivity index (χ2v) is 3.72. The van der Waals surface area contributed by atoms with E-state index in [4.69, 9.17) is 0 Å². The van der Waals surface area contributed by atoms with Gasteiger partial charge in [-0.3, -0.25) is 4.79 Å². The topological polar surface area (TPSA) is 29.1 Å². The van der Waals surface area contributed by atoms with Crippen molar-refractivity contribution < 1.29 is 22.4 Å². The molecule has 0 heterocycles. The average Bonchev–Trinajstić information content (AvgIpc) is 2.11. The van der Waals surface area contributed by atoms with Crippen LogP contribution in [0.1, 0.15) is 26.7 Å². The van der Waals surface area contributed by atoms with E-state index in [1.54, 1.807) is 5.32 Å². The fourth-order valence-corrected chi connectivity index (χ4v) is 0.929. The number of hydrogen-bond donors (Lipinski definition) is 1. The molecule has 0 aliphatic heterocycles. The van der Waals surface area contributed by atoms with Gasteiger partial charge in [-0.05, 0) is 18.8 Å². The number of halogens is 4. The summed E-state index contributed by atoms with van der Waals surface area (Å²) in [6.07, 6.45) is -2.70. The number of carbonyl (C=O) groups is 1. The molecule has 0 spiro atoms. The van der Waals surface area contributed by atoms with Crippen LogP contribution in [0, 0.1) is 5.92 Å². The Morgan fingerprint density at radius 1 is 1.33 bits per heavy atom. The number of amides is 1. The molecule has 2 nitrogen and oxygen atoms in total. The molecule has 0 unspecified atom stereocenters. The van der Waals surface area contributed by atoms with Gasteiger partial charge in [0.15, 0.2) is 0 Å². The number of rotatable bonds is 6. The van der Waals surface area contributed by atoms with Gasteiger partial charge in [0.25, 0.3) is 5.91 Å². The zero-order valence-electron chi connectivity index (χ0n) is 8.70. The molecule has 0 radical (unpaired) electrons. The van der Waals surface area contributed by atoms with E-state index in [9.17, 15) is 22.4 Å². The predicted molar refractivity (Wildman–Crippen MR) is 48.0 cm³/mol. The highest BCUT2D eigenvalue weighted by Gasteiger charge is 2.48. The van der Waals surface area contributed by atoms with Crippen molar-refractivity contribution in [3.63, 3.8) is 0 Å². The quantitative estimate of drug-likeness (QED) is 0.550. The van der Waals surface area contributed by atoms with E-state index < -0.39 is 18.3 Å². The van der Waals surface area contributed by atoms with Gasteiger partial charge in [0.1, 0.15) is 0 Å². The summed E-state index contributed by atoms with van der Waals surface area (Å²) in [7, 11) is 0. The molecule has 0 aromatic heterocycles. The Morgan fingerprint density at radius 2 is 1.87 bits per heavy atom. The SMILES string of the molecule is CC(C)CCCNC(=O)C(F)(F)C(F)F. The Kier molecular flexibility index (Phi) is 5.60.